The van der Waals surface area contributed by atoms with Gasteiger partial charge in [-0.15, -0.1) is 11.6 Å². The first-order valence-electron chi connectivity index (χ1n) is 3.53. The molecule has 4 nitrogen and oxygen atoms in total. The Balaban J connectivity index is 2.68. The minimum absolute atomic E-state index is 0.236. The summed E-state index contributed by atoms with van der Waals surface area (Å²) in [6.07, 6.45) is 2.98. The van der Waals surface area contributed by atoms with Crippen molar-refractivity contribution in [1.82, 2.24) is 9.78 Å². The molecule has 0 fully saturated rings. The fraction of sp³-hybridized carbons (Fsp3) is 0.429. The van der Waals surface area contributed by atoms with E-state index in [1.807, 2.05) is 0 Å². The van der Waals surface area contributed by atoms with Crippen LogP contribution in [-0.2, 0) is 10.7 Å². The SMILES string of the molecule is CCOC(=O)c1cnn(CCl)c1. The van der Waals surface area contributed by atoms with Crippen molar-refractivity contribution in [2.45, 2.75) is 12.9 Å². The maximum Gasteiger partial charge on any atom is 0.341 e. The molecule has 1 aromatic rings. The zero-order valence-corrected chi connectivity index (χ0v) is 7.41. The number of esters is 1. The summed E-state index contributed by atoms with van der Waals surface area (Å²) in [4.78, 5) is 11.1. The number of nitrogens with zero attached hydrogens (tertiary/aromatic N) is 2. The molecule has 0 spiro atoms. The Bertz CT molecular complexity index is 272. The van der Waals surface area contributed by atoms with Crippen LogP contribution in [0.5, 0.6) is 0 Å². The van der Waals surface area contributed by atoms with Crippen molar-refractivity contribution in [3.63, 3.8) is 0 Å². The molecule has 0 aliphatic heterocycles. The van der Waals surface area contributed by atoms with Gasteiger partial charge >= 0.3 is 5.97 Å². The van der Waals surface area contributed by atoms with Crippen molar-refractivity contribution in [2.24, 2.45) is 0 Å². The number of alkyl halides is 1. The lowest BCUT2D eigenvalue weighted by Crippen LogP contribution is -2.03. The van der Waals surface area contributed by atoms with Crippen molar-refractivity contribution in [3.05, 3.63) is 18.0 Å². The molecular formula is C7H9ClN2O2. The molecule has 1 heterocycles. The fourth-order valence-corrected chi connectivity index (χ4v) is 0.880. The predicted molar refractivity (Wildman–Crippen MR) is 44.0 cm³/mol. The van der Waals surface area contributed by atoms with Gasteiger partial charge in [-0.2, -0.15) is 5.10 Å². The zero-order chi connectivity index (χ0) is 8.97. The molecule has 0 unspecified atom stereocenters. The number of aromatic nitrogens is 2. The molecule has 0 atom stereocenters. The molecule has 0 amide bonds. The van der Waals surface area contributed by atoms with Gasteiger partial charge in [-0.05, 0) is 6.92 Å². The molecule has 1 rings (SSSR count). The second kappa shape index (κ2) is 4.11. The summed E-state index contributed by atoms with van der Waals surface area (Å²) in [5.41, 5.74) is 0.428. The zero-order valence-electron chi connectivity index (χ0n) is 6.66. The third-order valence-corrected chi connectivity index (χ3v) is 1.51. The van der Waals surface area contributed by atoms with Crippen LogP contribution in [0.3, 0.4) is 0 Å². The molecule has 0 saturated heterocycles. The van der Waals surface area contributed by atoms with Gasteiger partial charge < -0.3 is 4.74 Å². The normalized spacial score (nSPS) is 9.83. The van der Waals surface area contributed by atoms with Gasteiger partial charge in [0.2, 0.25) is 0 Å². The molecule has 0 aromatic carbocycles. The maximum atomic E-state index is 11.1. The van der Waals surface area contributed by atoms with Crippen LogP contribution in [-0.4, -0.2) is 22.4 Å². The smallest absolute Gasteiger partial charge is 0.341 e. The quantitative estimate of drug-likeness (QED) is 0.530. The number of hydrogen-bond acceptors (Lipinski definition) is 3. The number of carbonyl (C=O) groups is 1. The number of halogens is 1. The number of hydrogen-bond donors (Lipinski definition) is 0. The van der Waals surface area contributed by atoms with E-state index in [1.165, 1.54) is 10.9 Å². The Morgan fingerprint density at radius 2 is 2.58 bits per heavy atom. The number of carbonyl (C=O) groups excluding carboxylic acids is 1. The van der Waals surface area contributed by atoms with Crippen LogP contribution < -0.4 is 0 Å². The maximum absolute atomic E-state index is 11.1. The van der Waals surface area contributed by atoms with Crippen LogP contribution in [0.25, 0.3) is 0 Å². The number of rotatable bonds is 3. The van der Waals surface area contributed by atoms with Crippen molar-refractivity contribution >= 4 is 17.6 Å². The second-order valence-corrected chi connectivity index (χ2v) is 2.35. The molecule has 1 aromatic heterocycles. The fourth-order valence-electron chi connectivity index (χ4n) is 0.749. The average Bonchev–Trinajstić information content (AvgIpc) is 2.52. The van der Waals surface area contributed by atoms with Gasteiger partial charge in [-0.3, -0.25) is 4.68 Å². The Morgan fingerprint density at radius 3 is 3.08 bits per heavy atom. The van der Waals surface area contributed by atoms with E-state index in [-0.39, 0.29) is 12.0 Å². The molecular weight excluding hydrogens is 180 g/mol. The highest BCUT2D eigenvalue weighted by Crippen LogP contribution is 2.00. The van der Waals surface area contributed by atoms with Gasteiger partial charge in [0.15, 0.2) is 0 Å². The average molecular weight is 189 g/mol. The largest absolute Gasteiger partial charge is 0.462 e. The van der Waals surface area contributed by atoms with Crippen molar-refractivity contribution in [2.75, 3.05) is 6.61 Å². The molecule has 0 aliphatic carbocycles. The summed E-state index contributed by atoms with van der Waals surface area (Å²) < 4.78 is 6.20. The lowest BCUT2D eigenvalue weighted by molar-refractivity contribution is 0.0526. The van der Waals surface area contributed by atoms with Crippen LogP contribution >= 0.6 is 11.6 Å². The van der Waals surface area contributed by atoms with Crippen LogP contribution in [0, 0.1) is 0 Å². The van der Waals surface area contributed by atoms with E-state index in [4.69, 9.17) is 16.3 Å². The van der Waals surface area contributed by atoms with E-state index < -0.39 is 0 Å². The summed E-state index contributed by atoms with van der Waals surface area (Å²) in [6.45, 7) is 2.12. The molecule has 5 heteroatoms. The first kappa shape index (κ1) is 9.06. The van der Waals surface area contributed by atoms with E-state index in [2.05, 4.69) is 5.10 Å². The van der Waals surface area contributed by atoms with Gasteiger partial charge in [-0.25, -0.2) is 4.79 Å². The Morgan fingerprint density at radius 1 is 1.83 bits per heavy atom. The van der Waals surface area contributed by atoms with E-state index >= 15 is 0 Å². The van der Waals surface area contributed by atoms with Gasteiger partial charge in [0.1, 0.15) is 6.00 Å². The van der Waals surface area contributed by atoms with Crippen LogP contribution in [0.1, 0.15) is 17.3 Å². The molecule has 0 saturated carbocycles. The van der Waals surface area contributed by atoms with Crippen molar-refractivity contribution < 1.29 is 9.53 Å². The lowest BCUT2D eigenvalue weighted by Gasteiger charge is -1.96. The van der Waals surface area contributed by atoms with Crippen molar-refractivity contribution in [1.29, 1.82) is 0 Å². The number of ether oxygens (including phenoxy) is 1. The minimum Gasteiger partial charge on any atom is -0.462 e. The lowest BCUT2D eigenvalue weighted by atomic mass is 10.4. The molecule has 12 heavy (non-hydrogen) atoms. The predicted octanol–water partition coefficient (Wildman–Crippen LogP) is 1.26. The van der Waals surface area contributed by atoms with E-state index in [9.17, 15) is 4.79 Å². The van der Waals surface area contributed by atoms with E-state index in [0.717, 1.165) is 0 Å². The van der Waals surface area contributed by atoms with Gasteiger partial charge in [0.25, 0.3) is 0 Å². The first-order chi connectivity index (χ1) is 5.77. The third-order valence-electron chi connectivity index (χ3n) is 1.27. The molecule has 0 bridgehead atoms. The first-order valence-corrected chi connectivity index (χ1v) is 4.07. The van der Waals surface area contributed by atoms with Crippen LogP contribution in [0.15, 0.2) is 12.4 Å². The summed E-state index contributed by atoms with van der Waals surface area (Å²) >= 11 is 5.47. The topological polar surface area (TPSA) is 44.1 Å². The van der Waals surface area contributed by atoms with Gasteiger partial charge in [0.05, 0.1) is 18.4 Å². The van der Waals surface area contributed by atoms with E-state index in [0.29, 0.717) is 12.2 Å². The molecule has 0 N–H and O–H groups in total. The summed E-state index contributed by atoms with van der Waals surface area (Å²) in [5.74, 6) is -0.367. The molecule has 66 valence electrons. The van der Waals surface area contributed by atoms with Crippen molar-refractivity contribution in [3.8, 4) is 0 Å². The van der Waals surface area contributed by atoms with Gasteiger partial charge in [-0.1, -0.05) is 0 Å². The molecule has 0 radical (unpaired) electrons. The highest BCUT2D eigenvalue weighted by Gasteiger charge is 2.07. The Labute approximate surface area is 75.1 Å². The highest BCUT2D eigenvalue weighted by atomic mass is 35.5. The van der Waals surface area contributed by atoms with Crippen LogP contribution in [0.4, 0.5) is 0 Å². The summed E-state index contributed by atoms with van der Waals surface area (Å²) in [5, 5.41) is 3.82. The summed E-state index contributed by atoms with van der Waals surface area (Å²) in [7, 11) is 0. The Hall–Kier alpha value is -1.03. The van der Waals surface area contributed by atoms with E-state index in [1.54, 1.807) is 13.1 Å². The van der Waals surface area contributed by atoms with Crippen LogP contribution in [0.2, 0.25) is 0 Å². The minimum atomic E-state index is -0.367. The summed E-state index contributed by atoms with van der Waals surface area (Å²) in [6, 6.07) is 0.236. The highest BCUT2D eigenvalue weighted by molar-refractivity contribution is 6.15. The van der Waals surface area contributed by atoms with Gasteiger partial charge in [0, 0.05) is 6.20 Å². The third kappa shape index (κ3) is 1.98. The monoisotopic (exact) mass is 188 g/mol. The Kier molecular flexibility index (Phi) is 3.10. The second-order valence-electron chi connectivity index (χ2n) is 2.11. The standard InChI is InChI=1S/C7H9ClN2O2/c1-2-12-7(11)6-3-9-10(4-6)5-8/h3-4H,2,5H2,1H3. The molecule has 0 aliphatic rings.